The van der Waals surface area contributed by atoms with E-state index in [1.807, 2.05) is 48.2 Å². The molecule has 2 aliphatic rings. The van der Waals surface area contributed by atoms with Gasteiger partial charge in [0.05, 0.1) is 6.04 Å². The molecule has 146 valence electrons. The van der Waals surface area contributed by atoms with E-state index in [9.17, 15) is 9.18 Å². The molecule has 0 radical (unpaired) electrons. The predicted molar refractivity (Wildman–Crippen MR) is 107 cm³/mol. The van der Waals surface area contributed by atoms with E-state index >= 15 is 0 Å². The molecule has 2 unspecified atom stereocenters. The molecule has 2 atom stereocenters. The molecule has 4 rings (SSSR count). The first kappa shape index (κ1) is 18.7. The third-order valence-corrected chi connectivity index (χ3v) is 5.86. The minimum absolute atomic E-state index is 0.0830. The number of hydrogen-bond acceptors (Lipinski definition) is 2. The van der Waals surface area contributed by atoms with E-state index in [2.05, 4.69) is 6.08 Å². The summed E-state index contributed by atoms with van der Waals surface area (Å²) in [6.45, 7) is 2.32. The maximum Gasteiger partial charge on any atom is 0.410 e. The van der Waals surface area contributed by atoms with E-state index in [-0.39, 0.29) is 24.0 Å². The summed E-state index contributed by atoms with van der Waals surface area (Å²) >= 11 is 0. The first-order valence-electron chi connectivity index (χ1n) is 10.0. The Morgan fingerprint density at radius 1 is 1.18 bits per heavy atom. The largest absolute Gasteiger partial charge is 0.445 e. The van der Waals surface area contributed by atoms with Gasteiger partial charge in [0.1, 0.15) is 12.4 Å². The first-order valence-corrected chi connectivity index (χ1v) is 10.0. The normalized spacial score (nSPS) is 21.2. The lowest BCUT2D eigenvalue weighted by molar-refractivity contribution is 0.0481. The number of piperidine rings is 1. The molecule has 28 heavy (non-hydrogen) atoms. The Hall–Kier alpha value is -2.62. The summed E-state index contributed by atoms with van der Waals surface area (Å²) in [6.07, 6.45) is 6.66. The number of nitrogens with zero attached hydrogens (tertiary/aromatic N) is 1. The maximum atomic E-state index is 13.6. The number of carbonyl (C=O) groups excluding carboxylic acids is 1. The number of ether oxygens (including phenoxy) is 1. The Kier molecular flexibility index (Phi) is 5.47. The van der Waals surface area contributed by atoms with Gasteiger partial charge in [0.2, 0.25) is 0 Å². The zero-order valence-corrected chi connectivity index (χ0v) is 16.2. The van der Waals surface area contributed by atoms with Crippen LogP contribution in [-0.4, -0.2) is 23.1 Å². The molecule has 3 nitrogen and oxygen atoms in total. The number of carbonyl (C=O) groups is 1. The Bertz CT molecular complexity index is 877. The third-order valence-electron chi connectivity index (χ3n) is 5.86. The molecular weight excluding hydrogens is 353 g/mol. The van der Waals surface area contributed by atoms with Gasteiger partial charge in [-0.3, -0.25) is 4.90 Å². The maximum absolute atomic E-state index is 13.6. The van der Waals surface area contributed by atoms with Crippen molar-refractivity contribution in [1.82, 2.24) is 4.90 Å². The molecule has 1 fully saturated rings. The van der Waals surface area contributed by atoms with Crippen LogP contribution in [-0.2, 0) is 17.8 Å². The van der Waals surface area contributed by atoms with Crippen LogP contribution in [0.15, 0.2) is 60.2 Å². The quantitative estimate of drug-likeness (QED) is 0.650. The molecule has 0 spiro atoms. The molecule has 4 heteroatoms. The van der Waals surface area contributed by atoms with Crippen molar-refractivity contribution in [2.45, 2.75) is 57.7 Å². The molecule has 2 aliphatic heterocycles. The van der Waals surface area contributed by atoms with Crippen LogP contribution in [0.1, 0.15) is 42.4 Å². The second kappa shape index (κ2) is 8.17. The molecule has 0 saturated carbocycles. The molecule has 0 aromatic heterocycles. The lowest BCUT2D eigenvalue weighted by atomic mass is 9.83. The van der Waals surface area contributed by atoms with Crippen molar-refractivity contribution < 1.29 is 13.9 Å². The smallest absolute Gasteiger partial charge is 0.410 e. The van der Waals surface area contributed by atoms with Crippen molar-refractivity contribution in [3.05, 3.63) is 82.7 Å². The molecule has 1 amide bonds. The van der Waals surface area contributed by atoms with E-state index in [1.54, 1.807) is 6.07 Å². The molecule has 1 saturated heterocycles. The fourth-order valence-corrected chi connectivity index (χ4v) is 4.40. The van der Waals surface area contributed by atoms with Crippen molar-refractivity contribution in [3.63, 3.8) is 0 Å². The number of hydrogen-bond donors (Lipinski definition) is 0. The monoisotopic (exact) mass is 379 g/mol. The average Bonchev–Trinajstić information content (AvgIpc) is 2.69. The van der Waals surface area contributed by atoms with Gasteiger partial charge in [-0.1, -0.05) is 48.0 Å². The topological polar surface area (TPSA) is 29.5 Å². The Balaban J connectivity index is 1.46. The number of amides is 1. The molecule has 2 bridgehead atoms. The van der Waals surface area contributed by atoms with Gasteiger partial charge >= 0.3 is 6.09 Å². The first-order chi connectivity index (χ1) is 13.6. The van der Waals surface area contributed by atoms with E-state index in [1.165, 1.54) is 11.6 Å². The minimum atomic E-state index is -0.226. The van der Waals surface area contributed by atoms with E-state index < -0.39 is 0 Å². The molecule has 2 aromatic carbocycles. The summed E-state index contributed by atoms with van der Waals surface area (Å²) in [6, 6.07) is 15.0. The SMILES string of the molecule is Cc1ccc(F)cc1CC1=CC2CCCC(C1)N2C(=O)OCc1ccccc1. The number of halogens is 1. The fourth-order valence-electron chi connectivity index (χ4n) is 4.40. The lowest BCUT2D eigenvalue weighted by Gasteiger charge is -2.44. The van der Waals surface area contributed by atoms with Gasteiger partial charge in [0.15, 0.2) is 0 Å². The number of rotatable bonds is 4. The van der Waals surface area contributed by atoms with Crippen LogP contribution >= 0.6 is 0 Å². The predicted octanol–water partition coefficient (Wildman–Crippen LogP) is 5.57. The Morgan fingerprint density at radius 3 is 2.79 bits per heavy atom. The summed E-state index contributed by atoms with van der Waals surface area (Å²) < 4.78 is 19.2. The Morgan fingerprint density at radius 2 is 2.00 bits per heavy atom. The van der Waals surface area contributed by atoms with Gasteiger partial charge in [0, 0.05) is 6.04 Å². The van der Waals surface area contributed by atoms with Gasteiger partial charge in [-0.05, 0) is 67.9 Å². The average molecular weight is 379 g/mol. The van der Waals surface area contributed by atoms with Crippen LogP contribution in [0.3, 0.4) is 0 Å². The number of fused-ring (bicyclic) bond motifs is 2. The van der Waals surface area contributed by atoms with Crippen LogP contribution in [0.2, 0.25) is 0 Å². The van der Waals surface area contributed by atoms with Gasteiger partial charge in [0.25, 0.3) is 0 Å². The molecular formula is C24H26FNO2. The van der Waals surface area contributed by atoms with Gasteiger partial charge < -0.3 is 4.74 Å². The number of aryl methyl sites for hydroxylation is 1. The van der Waals surface area contributed by atoms with E-state index in [0.29, 0.717) is 6.61 Å². The van der Waals surface area contributed by atoms with Crippen molar-refractivity contribution in [1.29, 1.82) is 0 Å². The van der Waals surface area contributed by atoms with Crippen LogP contribution in [0.25, 0.3) is 0 Å². The highest BCUT2D eigenvalue weighted by Crippen LogP contribution is 2.35. The molecule has 0 N–H and O–H groups in total. The zero-order valence-electron chi connectivity index (χ0n) is 16.2. The van der Waals surface area contributed by atoms with Crippen LogP contribution in [0, 0.1) is 12.7 Å². The zero-order chi connectivity index (χ0) is 19.5. The molecule has 2 aromatic rings. The van der Waals surface area contributed by atoms with Crippen molar-refractivity contribution >= 4 is 6.09 Å². The van der Waals surface area contributed by atoms with Crippen LogP contribution in [0.5, 0.6) is 0 Å². The third kappa shape index (κ3) is 4.11. The van der Waals surface area contributed by atoms with E-state index in [4.69, 9.17) is 4.74 Å². The standard InChI is InChI=1S/C24H26FNO2/c1-17-10-11-21(25)15-20(17)12-19-13-22-8-5-9-23(14-19)26(22)24(27)28-16-18-6-3-2-4-7-18/h2-4,6-7,10-11,13,15,22-23H,5,8-9,12,14,16H2,1H3. The van der Waals surface area contributed by atoms with Crippen LogP contribution < -0.4 is 0 Å². The summed E-state index contributed by atoms with van der Waals surface area (Å²) in [5.74, 6) is -0.191. The second-order valence-electron chi connectivity index (χ2n) is 7.88. The summed E-state index contributed by atoms with van der Waals surface area (Å²) in [4.78, 5) is 14.7. The van der Waals surface area contributed by atoms with Gasteiger partial charge in [-0.25, -0.2) is 9.18 Å². The van der Waals surface area contributed by atoms with Crippen molar-refractivity contribution in [2.75, 3.05) is 0 Å². The van der Waals surface area contributed by atoms with Gasteiger partial charge in [-0.15, -0.1) is 0 Å². The van der Waals surface area contributed by atoms with E-state index in [0.717, 1.165) is 48.8 Å². The van der Waals surface area contributed by atoms with Crippen molar-refractivity contribution in [2.24, 2.45) is 0 Å². The number of benzene rings is 2. The minimum Gasteiger partial charge on any atom is -0.445 e. The summed E-state index contributed by atoms with van der Waals surface area (Å²) in [7, 11) is 0. The summed E-state index contributed by atoms with van der Waals surface area (Å²) in [5, 5.41) is 0. The summed E-state index contributed by atoms with van der Waals surface area (Å²) in [5.41, 5.74) is 4.44. The van der Waals surface area contributed by atoms with Crippen LogP contribution in [0.4, 0.5) is 9.18 Å². The fraction of sp³-hybridized carbons (Fsp3) is 0.375. The highest BCUT2D eigenvalue weighted by molar-refractivity contribution is 5.69. The molecule has 0 aliphatic carbocycles. The van der Waals surface area contributed by atoms with Gasteiger partial charge in [-0.2, -0.15) is 0 Å². The van der Waals surface area contributed by atoms with Crippen molar-refractivity contribution in [3.8, 4) is 0 Å². The highest BCUT2D eigenvalue weighted by atomic mass is 19.1. The lowest BCUT2D eigenvalue weighted by Crippen LogP contribution is -2.52. The highest BCUT2D eigenvalue weighted by Gasteiger charge is 2.37. The molecule has 2 heterocycles. The Labute approximate surface area is 165 Å². The second-order valence-corrected chi connectivity index (χ2v) is 7.88.